The second kappa shape index (κ2) is 5.51. The Labute approximate surface area is 98.9 Å². The quantitative estimate of drug-likeness (QED) is 0.473. The van der Waals surface area contributed by atoms with Crippen LogP contribution in [0.3, 0.4) is 0 Å². The van der Waals surface area contributed by atoms with Gasteiger partial charge in [0.25, 0.3) is 0 Å². The molecule has 1 aliphatic rings. The fourth-order valence-corrected chi connectivity index (χ4v) is 2.20. The smallest absolute Gasteiger partial charge is 0.0809 e. The summed E-state index contributed by atoms with van der Waals surface area (Å²) >= 11 is 0. The van der Waals surface area contributed by atoms with E-state index in [-0.39, 0.29) is 30.1 Å². The van der Waals surface area contributed by atoms with Crippen molar-refractivity contribution in [1.29, 1.82) is 0 Å². The van der Waals surface area contributed by atoms with E-state index in [1.54, 1.807) is 0 Å². The van der Waals surface area contributed by atoms with Crippen LogP contribution in [0.15, 0.2) is 0 Å². The van der Waals surface area contributed by atoms with Crippen LogP contribution in [0.25, 0.3) is 0 Å². The third-order valence-electron chi connectivity index (χ3n) is 2.56. The lowest BCUT2D eigenvalue weighted by Crippen LogP contribution is -3.00. The number of halogens is 1. The molecule has 0 amide bonds. The molecule has 2 nitrogen and oxygen atoms in total. The van der Waals surface area contributed by atoms with Crippen LogP contribution in [-0.2, 0) is 0 Å². The highest BCUT2D eigenvalue weighted by molar-refractivity contribution is 4.71. The van der Waals surface area contributed by atoms with Crippen molar-refractivity contribution in [2.45, 2.75) is 31.8 Å². The molecule has 2 atom stereocenters. The average molecular weight is 299 g/mol. The molecule has 0 spiro atoms. The molecule has 0 aromatic carbocycles. The highest BCUT2D eigenvalue weighted by atomic mass is 127. The first kappa shape index (κ1) is 13.7. The summed E-state index contributed by atoms with van der Waals surface area (Å²) in [5.74, 6) is 0.744. The molecule has 0 heterocycles. The Bertz CT molecular complexity index is 144. The molecule has 80 valence electrons. The Balaban J connectivity index is 0.00000144. The Kier molecular flexibility index (Phi) is 5.79. The number of rotatable bonds is 2. The summed E-state index contributed by atoms with van der Waals surface area (Å²) in [5.41, 5.74) is 0. The summed E-state index contributed by atoms with van der Waals surface area (Å²) in [6.07, 6.45) is 4.55. The molecule has 13 heavy (non-hydrogen) atoms. The monoisotopic (exact) mass is 299 g/mol. The maximum atomic E-state index is 9.47. The van der Waals surface area contributed by atoms with Crippen molar-refractivity contribution in [3.05, 3.63) is 0 Å². The SMILES string of the molecule is C[N+](C)(C)C[C@H]1CCC[C@@H](O)C1.[I-]. The van der Waals surface area contributed by atoms with Gasteiger partial charge in [-0.2, -0.15) is 0 Å². The van der Waals surface area contributed by atoms with Gasteiger partial charge in [0.15, 0.2) is 0 Å². The van der Waals surface area contributed by atoms with Gasteiger partial charge in [0.2, 0.25) is 0 Å². The summed E-state index contributed by atoms with van der Waals surface area (Å²) in [7, 11) is 6.67. The molecule has 0 unspecified atom stereocenters. The van der Waals surface area contributed by atoms with Gasteiger partial charge in [0, 0.05) is 5.92 Å². The number of hydrogen-bond donors (Lipinski definition) is 1. The van der Waals surface area contributed by atoms with Gasteiger partial charge in [0.05, 0.1) is 33.8 Å². The zero-order valence-corrected chi connectivity index (χ0v) is 11.1. The molecule has 0 radical (unpaired) electrons. The lowest BCUT2D eigenvalue weighted by molar-refractivity contribution is -0.874. The molecular formula is C10H22INO. The lowest BCUT2D eigenvalue weighted by atomic mass is 9.87. The topological polar surface area (TPSA) is 20.2 Å². The first-order chi connectivity index (χ1) is 5.47. The van der Waals surface area contributed by atoms with Crippen LogP contribution in [0, 0.1) is 5.92 Å². The van der Waals surface area contributed by atoms with E-state index in [1.807, 2.05) is 0 Å². The summed E-state index contributed by atoms with van der Waals surface area (Å²) < 4.78 is 1.03. The molecule has 0 bridgehead atoms. The molecule has 0 aromatic rings. The Morgan fingerprint density at radius 2 is 1.85 bits per heavy atom. The summed E-state index contributed by atoms with van der Waals surface area (Å²) in [6, 6.07) is 0. The molecule has 1 aliphatic carbocycles. The van der Waals surface area contributed by atoms with Crippen molar-refractivity contribution in [1.82, 2.24) is 0 Å². The van der Waals surface area contributed by atoms with Crippen molar-refractivity contribution in [3.8, 4) is 0 Å². The van der Waals surface area contributed by atoms with Crippen molar-refractivity contribution in [2.24, 2.45) is 5.92 Å². The van der Waals surface area contributed by atoms with Crippen LogP contribution in [-0.4, -0.2) is 43.4 Å². The van der Waals surface area contributed by atoms with Crippen LogP contribution in [0.4, 0.5) is 0 Å². The molecule has 0 saturated heterocycles. The van der Waals surface area contributed by atoms with Gasteiger partial charge >= 0.3 is 0 Å². The summed E-state index contributed by atoms with van der Waals surface area (Å²) in [4.78, 5) is 0. The Morgan fingerprint density at radius 1 is 1.23 bits per heavy atom. The number of quaternary nitrogens is 1. The normalized spacial score (nSPS) is 29.5. The van der Waals surface area contributed by atoms with E-state index in [0.29, 0.717) is 0 Å². The largest absolute Gasteiger partial charge is 1.00 e. The maximum Gasteiger partial charge on any atom is 0.0809 e. The van der Waals surface area contributed by atoms with Crippen LogP contribution < -0.4 is 24.0 Å². The standard InChI is InChI=1S/C10H22NO.HI/c1-11(2,3)8-9-5-4-6-10(12)7-9;/h9-10,12H,4-8H2,1-3H3;1H/q+1;/p-1/t9-,10+;/m0./s1. The van der Waals surface area contributed by atoms with E-state index in [4.69, 9.17) is 0 Å². The molecule has 1 N–H and O–H groups in total. The molecule has 1 saturated carbocycles. The van der Waals surface area contributed by atoms with E-state index in [0.717, 1.165) is 23.2 Å². The van der Waals surface area contributed by atoms with Gasteiger partial charge in [-0.15, -0.1) is 0 Å². The van der Waals surface area contributed by atoms with E-state index in [1.165, 1.54) is 19.4 Å². The second-order valence-electron chi connectivity index (χ2n) is 5.16. The van der Waals surface area contributed by atoms with Crippen molar-refractivity contribution in [3.63, 3.8) is 0 Å². The van der Waals surface area contributed by atoms with Crippen LogP contribution >= 0.6 is 0 Å². The molecular weight excluding hydrogens is 277 g/mol. The predicted molar refractivity (Wildman–Crippen MR) is 50.9 cm³/mol. The molecule has 0 aromatic heterocycles. The first-order valence-corrected chi connectivity index (χ1v) is 4.96. The maximum absolute atomic E-state index is 9.47. The highest BCUT2D eigenvalue weighted by Gasteiger charge is 2.24. The lowest BCUT2D eigenvalue weighted by Gasteiger charge is -2.32. The molecule has 1 rings (SSSR count). The zero-order chi connectivity index (χ0) is 9.19. The molecule has 3 heteroatoms. The fourth-order valence-electron chi connectivity index (χ4n) is 2.20. The van der Waals surface area contributed by atoms with Crippen LogP contribution in [0.1, 0.15) is 25.7 Å². The third-order valence-corrected chi connectivity index (χ3v) is 2.56. The predicted octanol–water partition coefficient (Wildman–Crippen LogP) is -1.75. The minimum Gasteiger partial charge on any atom is -1.00 e. The van der Waals surface area contributed by atoms with Gasteiger partial charge in [-0.1, -0.05) is 6.42 Å². The molecule has 1 fully saturated rings. The van der Waals surface area contributed by atoms with E-state index < -0.39 is 0 Å². The van der Waals surface area contributed by atoms with Gasteiger partial charge in [0.1, 0.15) is 0 Å². The van der Waals surface area contributed by atoms with Gasteiger partial charge < -0.3 is 33.6 Å². The number of hydrogen-bond acceptors (Lipinski definition) is 1. The zero-order valence-electron chi connectivity index (χ0n) is 8.96. The minimum absolute atomic E-state index is 0. The average Bonchev–Trinajstić information content (AvgIpc) is 1.82. The Morgan fingerprint density at radius 3 is 2.31 bits per heavy atom. The van der Waals surface area contributed by atoms with Crippen LogP contribution in [0.5, 0.6) is 0 Å². The van der Waals surface area contributed by atoms with Crippen molar-refractivity contribution < 1.29 is 33.6 Å². The van der Waals surface area contributed by atoms with E-state index in [9.17, 15) is 5.11 Å². The van der Waals surface area contributed by atoms with Gasteiger partial charge in [-0.3, -0.25) is 0 Å². The van der Waals surface area contributed by atoms with E-state index >= 15 is 0 Å². The first-order valence-electron chi connectivity index (χ1n) is 4.96. The highest BCUT2D eigenvalue weighted by Crippen LogP contribution is 2.25. The van der Waals surface area contributed by atoms with Crippen LogP contribution in [0.2, 0.25) is 0 Å². The van der Waals surface area contributed by atoms with Gasteiger partial charge in [-0.25, -0.2) is 0 Å². The number of aliphatic hydroxyl groups is 1. The van der Waals surface area contributed by atoms with Crippen molar-refractivity contribution >= 4 is 0 Å². The summed E-state index contributed by atoms with van der Waals surface area (Å²) in [6.45, 7) is 1.21. The van der Waals surface area contributed by atoms with E-state index in [2.05, 4.69) is 21.1 Å². The van der Waals surface area contributed by atoms with Gasteiger partial charge in [-0.05, 0) is 19.3 Å². The third kappa shape index (κ3) is 5.86. The minimum atomic E-state index is -0.0182. The summed E-state index contributed by atoms with van der Waals surface area (Å²) in [5, 5.41) is 9.47. The number of aliphatic hydroxyl groups excluding tert-OH is 1. The van der Waals surface area contributed by atoms with Crippen molar-refractivity contribution in [2.75, 3.05) is 27.7 Å². The second-order valence-corrected chi connectivity index (χ2v) is 5.16. The molecule has 0 aliphatic heterocycles. The number of nitrogens with zero attached hydrogens (tertiary/aromatic N) is 1. The fraction of sp³-hybridized carbons (Fsp3) is 1.00. The Hall–Kier alpha value is 0.650.